The van der Waals surface area contributed by atoms with Crippen LogP contribution in [-0.4, -0.2) is 0 Å². The topological polar surface area (TPSA) is 65.2 Å². The fraction of sp³-hybridized carbons (Fsp3) is 0.0909. The number of hydrogen-bond acceptors (Lipinski definition) is 3. The third-order valence-corrected chi connectivity index (χ3v) is 2.19. The zero-order valence-corrected chi connectivity index (χ0v) is 8.03. The van der Waals surface area contributed by atoms with E-state index in [4.69, 9.17) is 15.9 Å². The summed E-state index contributed by atoms with van der Waals surface area (Å²) >= 11 is 0. The molecule has 0 amide bonds. The number of furan rings is 1. The van der Waals surface area contributed by atoms with Gasteiger partial charge in [-0.2, -0.15) is 4.39 Å². The maximum Gasteiger partial charge on any atom is 0.278 e. The van der Waals surface area contributed by atoms with Crippen molar-refractivity contribution in [2.24, 2.45) is 5.73 Å². The third kappa shape index (κ3) is 1.85. The monoisotopic (exact) mass is 206 g/mol. The lowest BCUT2D eigenvalue weighted by Crippen LogP contribution is -1.98. The molecule has 0 aliphatic rings. The minimum atomic E-state index is -0.623. The predicted molar refractivity (Wildman–Crippen MR) is 56.4 cm³/mol. The summed E-state index contributed by atoms with van der Waals surface area (Å²) in [4.78, 5) is 0. The average Bonchev–Trinajstić information content (AvgIpc) is 2.65. The van der Waals surface area contributed by atoms with Crippen LogP contribution in [-0.2, 0) is 6.54 Å². The summed E-state index contributed by atoms with van der Waals surface area (Å²) in [6.45, 7) is 0.413. The minimum Gasteiger partial charge on any atom is -0.431 e. The molecule has 4 heteroatoms. The van der Waals surface area contributed by atoms with Crippen molar-refractivity contribution in [1.82, 2.24) is 0 Å². The first-order valence-electron chi connectivity index (χ1n) is 4.55. The highest BCUT2D eigenvalue weighted by Crippen LogP contribution is 2.28. The Morgan fingerprint density at radius 3 is 2.60 bits per heavy atom. The molecule has 0 unspecified atom stereocenters. The number of hydrogen-bond donors (Lipinski definition) is 2. The van der Waals surface area contributed by atoms with Gasteiger partial charge in [0.1, 0.15) is 5.76 Å². The second-order valence-corrected chi connectivity index (χ2v) is 3.23. The second-order valence-electron chi connectivity index (χ2n) is 3.23. The van der Waals surface area contributed by atoms with Gasteiger partial charge in [0.25, 0.3) is 6.01 Å². The van der Waals surface area contributed by atoms with Crippen LogP contribution in [0.1, 0.15) is 5.56 Å². The average molecular weight is 206 g/mol. The molecule has 2 aromatic rings. The Morgan fingerprint density at radius 1 is 1.20 bits per heavy atom. The van der Waals surface area contributed by atoms with E-state index in [9.17, 15) is 4.39 Å². The van der Waals surface area contributed by atoms with Crippen molar-refractivity contribution < 1.29 is 8.81 Å². The normalized spacial score (nSPS) is 10.5. The predicted octanol–water partition coefficient (Wildman–Crippen LogP) is 2.13. The van der Waals surface area contributed by atoms with Crippen LogP contribution in [0.25, 0.3) is 11.3 Å². The Labute approximate surface area is 86.5 Å². The summed E-state index contributed by atoms with van der Waals surface area (Å²) in [5.74, 6) is 0.417. The first-order chi connectivity index (χ1) is 7.20. The Kier molecular flexibility index (Phi) is 2.43. The van der Waals surface area contributed by atoms with E-state index in [0.717, 1.165) is 5.56 Å². The molecule has 1 heterocycles. The number of nitrogens with two attached hydrogens (primary N) is 2. The van der Waals surface area contributed by atoms with Crippen LogP contribution >= 0.6 is 0 Å². The number of nitrogen functional groups attached to an aromatic ring is 1. The molecule has 0 bridgehead atoms. The van der Waals surface area contributed by atoms with Crippen molar-refractivity contribution in [2.75, 3.05) is 5.73 Å². The molecule has 4 N–H and O–H groups in total. The van der Waals surface area contributed by atoms with E-state index in [-0.39, 0.29) is 0 Å². The molecule has 0 fully saturated rings. The molecule has 2 rings (SSSR count). The van der Waals surface area contributed by atoms with E-state index < -0.39 is 6.01 Å². The first-order valence-corrected chi connectivity index (χ1v) is 4.55. The highest BCUT2D eigenvalue weighted by molar-refractivity contribution is 5.73. The second kappa shape index (κ2) is 3.74. The van der Waals surface area contributed by atoms with Gasteiger partial charge in [0.15, 0.2) is 0 Å². The smallest absolute Gasteiger partial charge is 0.278 e. The van der Waals surface area contributed by atoms with Crippen LogP contribution in [0.4, 0.5) is 10.1 Å². The van der Waals surface area contributed by atoms with E-state index in [2.05, 4.69) is 0 Å². The lowest BCUT2D eigenvalue weighted by atomic mass is 10.1. The summed E-state index contributed by atoms with van der Waals surface area (Å²) < 4.78 is 17.6. The molecule has 0 saturated carbocycles. The molecule has 15 heavy (non-hydrogen) atoms. The van der Waals surface area contributed by atoms with Crippen LogP contribution < -0.4 is 11.5 Å². The molecular formula is C11H11FN2O. The van der Waals surface area contributed by atoms with Gasteiger partial charge < -0.3 is 15.9 Å². The molecule has 3 nitrogen and oxygen atoms in total. The number of anilines is 1. The zero-order valence-electron chi connectivity index (χ0n) is 8.03. The lowest BCUT2D eigenvalue weighted by Gasteiger charge is -2.04. The van der Waals surface area contributed by atoms with E-state index >= 15 is 0 Å². The lowest BCUT2D eigenvalue weighted by molar-refractivity contribution is 0.367. The third-order valence-electron chi connectivity index (χ3n) is 2.19. The molecule has 0 atom stereocenters. The molecule has 1 aromatic heterocycles. The Balaban J connectivity index is 2.51. The van der Waals surface area contributed by atoms with Crippen LogP contribution in [0.2, 0.25) is 0 Å². The molecule has 0 aliphatic heterocycles. The highest BCUT2D eigenvalue weighted by Gasteiger charge is 2.08. The quantitative estimate of drug-likeness (QED) is 0.740. The van der Waals surface area contributed by atoms with Crippen molar-refractivity contribution in [2.45, 2.75) is 6.54 Å². The zero-order chi connectivity index (χ0) is 10.8. The number of rotatable bonds is 2. The van der Waals surface area contributed by atoms with Crippen LogP contribution in [0.5, 0.6) is 0 Å². The van der Waals surface area contributed by atoms with Gasteiger partial charge in [-0.25, -0.2) is 0 Å². The summed E-state index contributed by atoms with van der Waals surface area (Å²) in [6.07, 6.45) is 0. The molecule has 78 valence electrons. The summed E-state index contributed by atoms with van der Waals surface area (Å²) in [7, 11) is 0. The van der Waals surface area contributed by atoms with Gasteiger partial charge in [-0.3, -0.25) is 0 Å². The van der Waals surface area contributed by atoms with Gasteiger partial charge in [-0.05, 0) is 23.8 Å². The molecule has 0 aliphatic carbocycles. The van der Waals surface area contributed by atoms with Crippen molar-refractivity contribution in [3.63, 3.8) is 0 Å². The van der Waals surface area contributed by atoms with Gasteiger partial charge in [-0.1, -0.05) is 6.07 Å². The van der Waals surface area contributed by atoms with Crippen molar-refractivity contribution >= 4 is 5.69 Å². The van der Waals surface area contributed by atoms with E-state index in [1.54, 1.807) is 18.2 Å². The Bertz CT molecular complexity index is 479. The molecule has 0 radical (unpaired) electrons. The van der Waals surface area contributed by atoms with Gasteiger partial charge in [0.2, 0.25) is 0 Å². The highest BCUT2D eigenvalue weighted by atomic mass is 19.1. The summed E-state index contributed by atoms with van der Waals surface area (Å²) in [6, 6.07) is 7.54. The summed E-state index contributed by atoms with van der Waals surface area (Å²) in [5, 5.41) is 0. The van der Waals surface area contributed by atoms with Gasteiger partial charge >= 0.3 is 0 Å². The van der Waals surface area contributed by atoms with Crippen molar-refractivity contribution in [1.29, 1.82) is 0 Å². The maximum atomic E-state index is 12.7. The summed E-state index contributed by atoms with van der Waals surface area (Å²) in [5.41, 5.74) is 13.4. The van der Waals surface area contributed by atoms with Crippen LogP contribution in [0.15, 0.2) is 34.7 Å². The fourth-order valence-corrected chi connectivity index (χ4v) is 1.40. The molecule has 0 saturated heterocycles. The van der Waals surface area contributed by atoms with Crippen LogP contribution in [0.3, 0.4) is 0 Å². The van der Waals surface area contributed by atoms with Crippen LogP contribution in [0, 0.1) is 6.01 Å². The van der Waals surface area contributed by atoms with E-state index in [1.807, 2.05) is 6.07 Å². The Hall–Kier alpha value is -1.81. The maximum absolute atomic E-state index is 12.7. The molecule has 1 aromatic carbocycles. The SMILES string of the molecule is NCc1ccc(N)c(-c2ccc(F)o2)c1. The van der Waals surface area contributed by atoms with Gasteiger partial charge in [0, 0.05) is 23.9 Å². The molecule has 0 spiro atoms. The fourth-order valence-electron chi connectivity index (χ4n) is 1.40. The van der Waals surface area contributed by atoms with Gasteiger partial charge in [0.05, 0.1) is 0 Å². The first kappa shape index (κ1) is 9.73. The van der Waals surface area contributed by atoms with E-state index in [1.165, 1.54) is 6.07 Å². The largest absolute Gasteiger partial charge is 0.431 e. The molecular weight excluding hydrogens is 195 g/mol. The minimum absolute atomic E-state index is 0.413. The number of halogens is 1. The Morgan fingerprint density at radius 2 is 2.00 bits per heavy atom. The van der Waals surface area contributed by atoms with Crippen molar-refractivity contribution in [3.05, 3.63) is 41.9 Å². The standard InChI is InChI=1S/C11H11FN2O/c12-11-4-3-10(15-11)8-5-7(6-13)1-2-9(8)14/h1-5H,6,13-14H2. The van der Waals surface area contributed by atoms with E-state index in [0.29, 0.717) is 23.6 Å². The van der Waals surface area contributed by atoms with Gasteiger partial charge in [-0.15, -0.1) is 0 Å². The van der Waals surface area contributed by atoms with Crippen molar-refractivity contribution in [3.8, 4) is 11.3 Å². The number of benzene rings is 1.